The summed E-state index contributed by atoms with van der Waals surface area (Å²) >= 11 is 0. The lowest BCUT2D eigenvalue weighted by atomic mass is 10.1. The van der Waals surface area contributed by atoms with Gasteiger partial charge in [-0.2, -0.15) is 0 Å². The average molecular weight is 201 g/mol. The Morgan fingerprint density at radius 2 is 2.00 bits per heavy atom. The molecule has 0 spiro atoms. The van der Waals surface area contributed by atoms with Crippen LogP contribution in [0, 0.1) is 5.92 Å². The lowest BCUT2D eigenvalue weighted by Gasteiger charge is -2.16. The monoisotopic (exact) mass is 201 g/mol. The molecular weight excluding hydrogens is 178 g/mol. The number of nitrogens with zero attached hydrogens (tertiary/aromatic N) is 1. The molecule has 4 heteroatoms. The van der Waals surface area contributed by atoms with Gasteiger partial charge in [-0.15, -0.1) is 0 Å². The highest BCUT2D eigenvalue weighted by atomic mass is 16.1. The second-order valence-electron chi connectivity index (χ2n) is 4.27. The zero-order chi connectivity index (χ0) is 11.1. The van der Waals surface area contributed by atoms with Gasteiger partial charge in [0.05, 0.1) is 0 Å². The first-order chi connectivity index (χ1) is 6.43. The maximum Gasteiger partial charge on any atom is 0.221 e. The molecule has 0 radical (unpaired) electrons. The summed E-state index contributed by atoms with van der Waals surface area (Å²) in [5.41, 5.74) is 5.80. The number of nitrogens with two attached hydrogens (primary N) is 1. The predicted molar refractivity (Wildman–Crippen MR) is 59.0 cm³/mol. The molecule has 0 fully saturated rings. The summed E-state index contributed by atoms with van der Waals surface area (Å²) in [6.07, 6.45) is 0.539. The molecule has 0 aliphatic rings. The van der Waals surface area contributed by atoms with E-state index in [1.54, 1.807) is 0 Å². The highest BCUT2D eigenvalue weighted by Gasteiger charge is 2.09. The van der Waals surface area contributed by atoms with Crippen molar-refractivity contribution in [2.24, 2.45) is 11.7 Å². The number of hydrogen-bond donors (Lipinski definition) is 2. The molecule has 84 valence electrons. The van der Waals surface area contributed by atoms with Crippen LogP contribution in [-0.2, 0) is 4.79 Å². The van der Waals surface area contributed by atoms with Crippen molar-refractivity contribution in [3.05, 3.63) is 0 Å². The topological polar surface area (TPSA) is 58.4 Å². The van der Waals surface area contributed by atoms with Crippen molar-refractivity contribution in [2.45, 2.75) is 26.3 Å². The largest absolute Gasteiger partial charge is 0.354 e. The number of rotatable bonds is 6. The second-order valence-corrected chi connectivity index (χ2v) is 4.27. The van der Waals surface area contributed by atoms with Crippen molar-refractivity contribution in [1.82, 2.24) is 10.2 Å². The molecule has 4 nitrogen and oxygen atoms in total. The van der Waals surface area contributed by atoms with E-state index in [9.17, 15) is 4.79 Å². The Hall–Kier alpha value is -0.610. The summed E-state index contributed by atoms with van der Waals surface area (Å²) in [6, 6.07) is 0.0540. The Bertz CT molecular complexity index is 169. The minimum absolute atomic E-state index is 0.0540. The van der Waals surface area contributed by atoms with Gasteiger partial charge in [0.15, 0.2) is 0 Å². The van der Waals surface area contributed by atoms with E-state index in [2.05, 4.69) is 19.2 Å². The first-order valence-corrected chi connectivity index (χ1v) is 5.10. The molecule has 0 rings (SSSR count). The molecule has 0 saturated heterocycles. The molecule has 1 unspecified atom stereocenters. The smallest absolute Gasteiger partial charge is 0.221 e. The van der Waals surface area contributed by atoms with Gasteiger partial charge in [0.1, 0.15) is 0 Å². The van der Waals surface area contributed by atoms with Crippen LogP contribution in [0.1, 0.15) is 20.3 Å². The van der Waals surface area contributed by atoms with Crippen molar-refractivity contribution >= 4 is 5.91 Å². The number of hydrogen-bond acceptors (Lipinski definition) is 3. The molecule has 0 heterocycles. The van der Waals surface area contributed by atoms with Crippen molar-refractivity contribution in [3.8, 4) is 0 Å². The molecule has 0 bridgehead atoms. The fourth-order valence-corrected chi connectivity index (χ4v) is 0.881. The fraction of sp³-hybridized carbons (Fsp3) is 0.900. The summed E-state index contributed by atoms with van der Waals surface area (Å²) in [5, 5.41) is 2.83. The molecule has 0 saturated carbocycles. The molecule has 0 aromatic carbocycles. The van der Waals surface area contributed by atoms with Crippen LogP contribution < -0.4 is 11.1 Å². The average Bonchev–Trinajstić information content (AvgIpc) is 2.10. The minimum atomic E-state index is 0.0540. The number of nitrogens with one attached hydrogen (secondary N) is 1. The zero-order valence-corrected chi connectivity index (χ0v) is 9.71. The number of carbonyl (C=O) groups is 1. The Morgan fingerprint density at radius 3 is 2.43 bits per heavy atom. The maximum atomic E-state index is 11.3. The van der Waals surface area contributed by atoms with Gasteiger partial charge in [0, 0.05) is 25.6 Å². The summed E-state index contributed by atoms with van der Waals surface area (Å²) < 4.78 is 0. The van der Waals surface area contributed by atoms with E-state index < -0.39 is 0 Å². The highest BCUT2D eigenvalue weighted by Crippen LogP contribution is 1.96. The van der Waals surface area contributed by atoms with E-state index in [4.69, 9.17) is 5.73 Å². The maximum absolute atomic E-state index is 11.3. The van der Waals surface area contributed by atoms with Crippen LogP contribution >= 0.6 is 0 Å². The Morgan fingerprint density at radius 1 is 1.43 bits per heavy atom. The highest BCUT2D eigenvalue weighted by molar-refractivity contribution is 5.76. The quantitative estimate of drug-likeness (QED) is 0.638. The van der Waals surface area contributed by atoms with E-state index in [-0.39, 0.29) is 11.9 Å². The van der Waals surface area contributed by atoms with Gasteiger partial charge >= 0.3 is 0 Å². The van der Waals surface area contributed by atoms with E-state index in [0.717, 1.165) is 6.54 Å². The van der Waals surface area contributed by atoms with Crippen molar-refractivity contribution < 1.29 is 4.79 Å². The lowest BCUT2D eigenvalue weighted by molar-refractivity contribution is -0.121. The molecule has 1 amide bonds. The summed E-state index contributed by atoms with van der Waals surface area (Å²) in [5.74, 6) is 0.485. The van der Waals surface area contributed by atoms with Gasteiger partial charge in [0.2, 0.25) is 5.91 Å². The predicted octanol–water partition coefficient (Wildman–Crippen LogP) is 0.0376. The molecule has 14 heavy (non-hydrogen) atoms. The normalized spacial score (nSPS) is 13.4. The van der Waals surface area contributed by atoms with Crippen LogP contribution in [0.25, 0.3) is 0 Å². The number of carbonyl (C=O) groups excluding carboxylic acids is 1. The third kappa shape index (κ3) is 6.86. The number of amides is 1. The van der Waals surface area contributed by atoms with Gasteiger partial charge in [0.25, 0.3) is 0 Å². The second kappa shape index (κ2) is 6.79. The molecule has 1 atom stereocenters. The van der Waals surface area contributed by atoms with Crippen molar-refractivity contribution in [3.63, 3.8) is 0 Å². The van der Waals surface area contributed by atoms with Crippen molar-refractivity contribution in [2.75, 3.05) is 27.2 Å². The molecule has 0 aliphatic carbocycles. The van der Waals surface area contributed by atoms with Crippen LogP contribution in [-0.4, -0.2) is 44.0 Å². The van der Waals surface area contributed by atoms with Gasteiger partial charge in [-0.05, 0) is 20.0 Å². The summed E-state index contributed by atoms with van der Waals surface area (Å²) in [4.78, 5) is 13.3. The van der Waals surface area contributed by atoms with Crippen LogP contribution in [0.2, 0.25) is 0 Å². The van der Waals surface area contributed by atoms with Gasteiger partial charge < -0.3 is 16.0 Å². The van der Waals surface area contributed by atoms with E-state index in [1.807, 2.05) is 19.0 Å². The molecule has 0 aliphatic heterocycles. The van der Waals surface area contributed by atoms with Crippen molar-refractivity contribution in [1.29, 1.82) is 0 Å². The Kier molecular flexibility index (Phi) is 6.49. The van der Waals surface area contributed by atoms with E-state index in [1.165, 1.54) is 0 Å². The van der Waals surface area contributed by atoms with Crippen LogP contribution in [0.4, 0.5) is 0 Å². The SMILES string of the molecule is CC(C)C(N)CNC(=O)CCN(C)C. The summed E-state index contributed by atoms with van der Waals surface area (Å²) in [7, 11) is 3.90. The van der Waals surface area contributed by atoms with E-state index >= 15 is 0 Å². The van der Waals surface area contributed by atoms with Gasteiger partial charge in [-0.3, -0.25) is 4.79 Å². The molecule has 0 aromatic heterocycles. The Labute approximate surface area is 86.8 Å². The van der Waals surface area contributed by atoms with Crippen LogP contribution in [0.15, 0.2) is 0 Å². The summed E-state index contributed by atoms with van der Waals surface area (Å²) in [6.45, 7) is 5.46. The van der Waals surface area contributed by atoms with Gasteiger partial charge in [-0.1, -0.05) is 13.8 Å². The van der Waals surface area contributed by atoms with Gasteiger partial charge in [-0.25, -0.2) is 0 Å². The first kappa shape index (κ1) is 13.4. The molecular formula is C10H23N3O. The fourth-order valence-electron chi connectivity index (χ4n) is 0.881. The first-order valence-electron chi connectivity index (χ1n) is 5.10. The van der Waals surface area contributed by atoms with Crippen LogP contribution in [0.5, 0.6) is 0 Å². The standard InChI is InChI=1S/C10H23N3O/c1-8(2)9(11)7-12-10(14)5-6-13(3)4/h8-9H,5-7,11H2,1-4H3,(H,12,14). The lowest BCUT2D eigenvalue weighted by Crippen LogP contribution is -2.40. The van der Waals surface area contributed by atoms with E-state index in [0.29, 0.717) is 18.9 Å². The third-order valence-electron chi connectivity index (χ3n) is 2.18. The Balaban J connectivity index is 3.54. The third-order valence-corrected chi connectivity index (χ3v) is 2.18. The van der Waals surface area contributed by atoms with Crippen LogP contribution in [0.3, 0.4) is 0 Å². The minimum Gasteiger partial charge on any atom is -0.354 e. The molecule has 0 aromatic rings. The zero-order valence-electron chi connectivity index (χ0n) is 9.71. The molecule has 3 N–H and O–H groups in total.